The maximum atomic E-state index is 9.57. The molecular weight excluding hydrogens is 146 g/mol. The Balaban J connectivity index is 0.000000183. The summed E-state index contributed by atoms with van der Waals surface area (Å²) >= 11 is 0. The summed E-state index contributed by atoms with van der Waals surface area (Å²) in [5.74, 6) is -0.963. The molecule has 0 aromatic heterocycles. The van der Waals surface area contributed by atoms with E-state index < -0.39 is 12.0 Å². The molecule has 0 amide bonds. The van der Waals surface area contributed by atoms with Crippen LogP contribution in [0.4, 0.5) is 0 Å². The van der Waals surface area contributed by atoms with Crippen LogP contribution in [-0.2, 0) is 4.79 Å². The summed E-state index contributed by atoms with van der Waals surface area (Å²) in [5.41, 5.74) is 4.84. The lowest BCUT2D eigenvalue weighted by molar-refractivity contribution is -0.138. The fourth-order valence-electron chi connectivity index (χ4n) is 0.323. The summed E-state index contributed by atoms with van der Waals surface area (Å²) in [4.78, 5) is 13.4. The molecule has 0 radical (unpaired) electrons. The van der Waals surface area contributed by atoms with Gasteiger partial charge in [0.05, 0.1) is 12.9 Å². The molecule has 1 aliphatic heterocycles. The van der Waals surface area contributed by atoms with Crippen molar-refractivity contribution in [3.8, 4) is 0 Å². The van der Waals surface area contributed by atoms with Gasteiger partial charge in [0.2, 0.25) is 0 Å². The second-order valence-electron chi connectivity index (χ2n) is 2.12. The molecule has 0 saturated heterocycles. The predicted molar refractivity (Wildman–Crippen MR) is 42.6 cm³/mol. The maximum Gasteiger partial charge on any atom is 0.320 e. The van der Waals surface area contributed by atoms with E-state index in [0.29, 0.717) is 0 Å². The number of aliphatic imine (C=N–C) groups is 1. The number of nitrogens with one attached hydrogen (secondary N) is 1. The number of hydrogen-bond acceptors (Lipinski definition) is 4. The van der Waals surface area contributed by atoms with E-state index in [2.05, 4.69) is 10.3 Å². The second-order valence-corrected chi connectivity index (χ2v) is 2.12. The molecule has 1 aliphatic rings. The number of hydrogen-bond donors (Lipinski definition) is 3. The van der Waals surface area contributed by atoms with Crippen LogP contribution in [0.2, 0.25) is 0 Å². The average Bonchev–Trinajstić information content (AvgIpc) is 2.41. The molecule has 4 N–H and O–H groups in total. The first-order chi connectivity index (χ1) is 5.14. The number of carbonyl (C=O) groups is 1. The molecular formula is C6H13N3O2. The highest BCUT2D eigenvalue weighted by atomic mass is 16.4. The average molecular weight is 159 g/mol. The molecule has 64 valence electrons. The molecule has 0 aromatic rings. The highest BCUT2D eigenvalue weighted by molar-refractivity contribution is 5.72. The van der Waals surface area contributed by atoms with Crippen LogP contribution in [-0.4, -0.2) is 36.5 Å². The lowest BCUT2D eigenvalue weighted by Crippen LogP contribution is -2.25. The topological polar surface area (TPSA) is 87.7 Å². The quantitative estimate of drug-likeness (QED) is 0.459. The Kier molecular flexibility index (Phi) is 5.10. The summed E-state index contributed by atoms with van der Waals surface area (Å²) in [6, 6.07) is -0.731. The van der Waals surface area contributed by atoms with E-state index >= 15 is 0 Å². The van der Waals surface area contributed by atoms with Crippen LogP contribution in [0.25, 0.3) is 0 Å². The SMILES string of the molecule is C1=NCCN1.CC(N)C(=O)O. The normalized spacial score (nSPS) is 16.2. The van der Waals surface area contributed by atoms with Gasteiger partial charge < -0.3 is 16.2 Å². The van der Waals surface area contributed by atoms with E-state index in [0.717, 1.165) is 13.1 Å². The Hall–Kier alpha value is -1.10. The molecule has 1 rings (SSSR count). The summed E-state index contributed by atoms with van der Waals surface area (Å²) in [5, 5.41) is 10.8. The molecule has 1 unspecified atom stereocenters. The number of nitrogens with zero attached hydrogens (tertiary/aromatic N) is 1. The van der Waals surface area contributed by atoms with Gasteiger partial charge in [-0.25, -0.2) is 0 Å². The second kappa shape index (κ2) is 5.67. The Morgan fingerprint density at radius 3 is 2.55 bits per heavy atom. The van der Waals surface area contributed by atoms with Crippen molar-refractivity contribution >= 4 is 12.3 Å². The van der Waals surface area contributed by atoms with E-state index in [-0.39, 0.29) is 0 Å². The molecule has 0 aliphatic carbocycles. The zero-order valence-electron chi connectivity index (χ0n) is 6.45. The summed E-state index contributed by atoms with van der Waals surface area (Å²) < 4.78 is 0. The van der Waals surface area contributed by atoms with Gasteiger partial charge in [-0.15, -0.1) is 0 Å². The van der Waals surface area contributed by atoms with Crippen molar-refractivity contribution in [2.45, 2.75) is 13.0 Å². The standard InChI is InChI=1S/C3H6N2.C3H7NO2/c1-2-5-3-4-1;1-2(4)3(5)6/h3H,1-2H2,(H,4,5);2H,4H2,1H3,(H,5,6). The highest BCUT2D eigenvalue weighted by Crippen LogP contribution is 1.68. The van der Waals surface area contributed by atoms with Gasteiger partial charge in [-0.1, -0.05) is 0 Å². The third kappa shape index (κ3) is 6.79. The minimum Gasteiger partial charge on any atom is -0.480 e. The Bertz CT molecular complexity index is 139. The minimum absolute atomic E-state index is 0.731. The molecule has 5 nitrogen and oxygen atoms in total. The third-order valence-electron chi connectivity index (χ3n) is 0.957. The van der Waals surface area contributed by atoms with Gasteiger partial charge in [-0.3, -0.25) is 9.79 Å². The number of nitrogens with two attached hydrogens (primary N) is 1. The van der Waals surface area contributed by atoms with Crippen LogP contribution in [0.1, 0.15) is 6.92 Å². The zero-order chi connectivity index (χ0) is 8.69. The van der Waals surface area contributed by atoms with Crippen molar-refractivity contribution in [1.82, 2.24) is 5.32 Å². The van der Waals surface area contributed by atoms with Crippen molar-refractivity contribution in [3.63, 3.8) is 0 Å². The van der Waals surface area contributed by atoms with Crippen molar-refractivity contribution in [1.29, 1.82) is 0 Å². The van der Waals surface area contributed by atoms with Crippen molar-refractivity contribution in [2.24, 2.45) is 10.7 Å². The van der Waals surface area contributed by atoms with Gasteiger partial charge in [-0.05, 0) is 6.92 Å². The largest absolute Gasteiger partial charge is 0.480 e. The van der Waals surface area contributed by atoms with E-state index in [1.807, 2.05) is 0 Å². The Morgan fingerprint density at radius 1 is 1.91 bits per heavy atom. The smallest absolute Gasteiger partial charge is 0.320 e. The number of carboxylic acid groups (broad SMARTS) is 1. The van der Waals surface area contributed by atoms with Crippen LogP contribution in [0.5, 0.6) is 0 Å². The molecule has 5 heteroatoms. The van der Waals surface area contributed by atoms with Crippen molar-refractivity contribution < 1.29 is 9.90 Å². The first kappa shape index (κ1) is 9.90. The minimum atomic E-state index is -0.963. The van der Waals surface area contributed by atoms with Crippen LogP contribution in [0.15, 0.2) is 4.99 Å². The molecule has 0 spiro atoms. The Labute approximate surface area is 65.3 Å². The van der Waals surface area contributed by atoms with Gasteiger partial charge in [0, 0.05) is 6.54 Å². The van der Waals surface area contributed by atoms with E-state index in [9.17, 15) is 4.79 Å². The van der Waals surface area contributed by atoms with Gasteiger partial charge >= 0.3 is 5.97 Å². The first-order valence-corrected chi connectivity index (χ1v) is 3.34. The lowest BCUT2D eigenvalue weighted by atomic mass is 10.4. The van der Waals surface area contributed by atoms with Crippen LogP contribution >= 0.6 is 0 Å². The van der Waals surface area contributed by atoms with Crippen molar-refractivity contribution in [3.05, 3.63) is 0 Å². The highest BCUT2D eigenvalue weighted by Gasteiger charge is 1.99. The molecule has 0 bridgehead atoms. The third-order valence-corrected chi connectivity index (χ3v) is 0.957. The molecule has 1 heterocycles. The molecule has 11 heavy (non-hydrogen) atoms. The molecule has 0 saturated carbocycles. The fraction of sp³-hybridized carbons (Fsp3) is 0.667. The maximum absolute atomic E-state index is 9.57. The van der Waals surface area contributed by atoms with Crippen LogP contribution < -0.4 is 11.1 Å². The van der Waals surface area contributed by atoms with Crippen molar-refractivity contribution in [2.75, 3.05) is 13.1 Å². The lowest BCUT2D eigenvalue weighted by Gasteiger charge is -1.90. The van der Waals surface area contributed by atoms with Crippen LogP contribution in [0, 0.1) is 0 Å². The zero-order valence-corrected chi connectivity index (χ0v) is 6.45. The van der Waals surface area contributed by atoms with E-state index in [1.165, 1.54) is 6.92 Å². The molecule has 0 aromatic carbocycles. The predicted octanol–water partition coefficient (Wildman–Crippen LogP) is -0.964. The van der Waals surface area contributed by atoms with Gasteiger partial charge in [0.1, 0.15) is 6.04 Å². The van der Waals surface area contributed by atoms with E-state index in [4.69, 9.17) is 10.8 Å². The summed E-state index contributed by atoms with van der Waals surface area (Å²) in [7, 11) is 0. The van der Waals surface area contributed by atoms with Crippen LogP contribution in [0.3, 0.4) is 0 Å². The molecule has 1 atom stereocenters. The number of rotatable bonds is 1. The number of carboxylic acids is 1. The molecule has 0 fully saturated rings. The van der Waals surface area contributed by atoms with Gasteiger partial charge in [0.15, 0.2) is 0 Å². The first-order valence-electron chi connectivity index (χ1n) is 3.34. The monoisotopic (exact) mass is 159 g/mol. The number of aliphatic carboxylic acids is 1. The summed E-state index contributed by atoms with van der Waals surface area (Å²) in [6.45, 7) is 3.41. The fourth-order valence-corrected chi connectivity index (χ4v) is 0.323. The Morgan fingerprint density at radius 2 is 2.45 bits per heavy atom. The van der Waals surface area contributed by atoms with Gasteiger partial charge in [0.25, 0.3) is 0 Å². The summed E-state index contributed by atoms with van der Waals surface area (Å²) in [6.07, 6.45) is 1.74. The van der Waals surface area contributed by atoms with Gasteiger partial charge in [-0.2, -0.15) is 0 Å². The van der Waals surface area contributed by atoms with E-state index in [1.54, 1.807) is 6.34 Å².